The van der Waals surface area contributed by atoms with Crippen LogP contribution in [0, 0.1) is 0 Å². The van der Waals surface area contributed by atoms with Crippen molar-refractivity contribution in [3.63, 3.8) is 0 Å². The number of hydrogen-bond acceptors (Lipinski definition) is 7. The van der Waals surface area contributed by atoms with Gasteiger partial charge in [-0.25, -0.2) is 0 Å². The summed E-state index contributed by atoms with van der Waals surface area (Å²) in [6.07, 6.45) is 2.17. The minimum atomic E-state index is -0.327. The van der Waals surface area contributed by atoms with Gasteiger partial charge in [-0.2, -0.15) is 0 Å². The maximum atomic E-state index is 11.7. The molecule has 0 atom stereocenters. The third-order valence-electron chi connectivity index (χ3n) is 4.73. The van der Waals surface area contributed by atoms with Crippen LogP contribution in [0.4, 0.5) is 0 Å². The van der Waals surface area contributed by atoms with Crippen LogP contribution in [-0.2, 0) is 22.4 Å². The quantitative estimate of drug-likeness (QED) is 0.308. The van der Waals surface area contributed by atoms with Crippen molar-refractivity contribution >= 4 is 11.8 Å². The minimum absolute atomic E-state index is 0.00439. The van der Waals surface area contributed by atoms with Gasteiger partial charge in [-0.05, 0) is 43.2 Å². The molecule has 0 aliphatic rings. The highest BCUT2D eigenvalue weighted by Gasteiger charge is 2.16. The molecular formula is C24H30O7. The van der Waals surface area contributed by atoms with Crippen LogP contribution in [0.25, 0.3) is 0 Å². The Hall–Kier alpha value is -3.22. The fourth-order valence-electron chi connectivity index (χ4n) is 3.13. The molecule has 0 saturated heterocycles. The zero-order valence-electron chi connectivity index (χ0n) is 18.5. The highest BCUT2D eigenvalue weighted by Crippen LogP contribution is 2.33. The zero-order chi connectivity index (χ0) is 22.8. The molecule has 0 saturated carbocycles. The predicted molar refractivity (Wildman–Crippen MR) is 116 cm³/mol. The van der Waals surface area contributed by atoms with E-state index in [-0.39, 0.29) is 23.9 Å². The molecule has 1 N–H and O–H groups in total. The number of Topliss-reactive ketones (excluding diaryl/α,β-unsaturated/α-hetero) is 1. The first-order valence-electron chi connectivity index (χ1n) is 10.3. The number of esters is 1. The summed E-state index contributed by atoms with van der Waals surface area (Å²) in [6.45, 7) is 4.18. The average molecular weight is 430 g/mol. The number of hydrogen-bond donors (Lipinski definition) is 1. The van der Waals surface area contributed by atoms with Crippen LogP contribution in [0.1, 0.15) is 48.2 Å². The Morgan fingerprint density at radius 2 is 1.65 bits per heavy atom. The SMILES string of the molecule is CCCc1c(OCCCOc2cc(CC(=O)OC)ccc2OC)ccc(C(C)=O)c1O. The lowest BCUT2D eigenvalue weighted by Crippen LogP contribution is -2.08. The van der Waals surface area contributed by atoms with Crippen LogP contribution in [0.2, 0.25) is 0 Å². The summed E-state index contributed by atoms with van der Waals surface area (Å²) in [5.41, 5.74) is 1.72. The Balaban J connectivity index is 1.96. The van der Waals surface area contributed by atoms with E-state index < -0.39 is 0 Å². The zero-order valence-corrected chi connectivity index (χ0v) is 18.5. The number of carbonyl (C=O) groups excluding carboxylic acids is 2. The van der Waals surface area contributed by atoms with Crippen molar-refractivity contribution < 1.29 is 33.6 Å². The number of benzene rings is 2. The number of carbonyl (C=O) groups is 2. The first-order chi connectivity index (χ1) is 14.9. The number of aromatic hydroxyl groups is 1. The van der Waals surface area contributed by atoms with Crippen LogP contribution >= 0.6 is 0 Å². The Bertz CT molecular complexity index is 905. The monoisotopic (exact) mass is 430 g/mol. The molecule has 0 amide bonds. The lowest BCUT2D eigenvalue weighted by molar-refractivity contribution is -0.139. The van der Waals surface area contributed by atoms with E-state index >= 15 is 0 Å². The number of methoxy groups -OCH3 is 2. The Morgan fingerprint density at radius 1 is 0.968 bits per heavy atom. The number of ketones is 1. The van der Waals surface area contributed by atoms with Crippen LogP contribution in [0.15, 0.2) is 30.3 Å². The van der Waals surface area contributed by atoms with Crippen LogP contribution < -0.4 is 14.2 Å². The molecule has 0 spiro atoms. The van der Waals surface area contributed by atoms with Gasteiger partial charge in [0.05, 0.1) is 39.4 Å². The van der Waals surface area contributed by atoms with Crippen LogP contribution in [-0.4, -0.2) is 44.3 Å². The third-order valence-corrected chi connectivity index (χ3v) is 4.73. The van der Waals surface area contributed by atoms with E-state index in [0.717, 1.165) is 12.0 Å². The Morgan fingerprint density at radius 3 is 2.26 bits per heavy atom. The summed E-state index contributed by atoms with van der Waals surface area (Å²) in [6, 6.07) is 8.61. The van der Waals surface area contributed by atoms with Gasteiger partial charge in [-0.15, -0.1) is 0 Å². The molecule has 2 aromatic rings. The van der Waals surface area contributed by atoms with Gasteiger partial charge in [0.1, 0.15) is 11.5 Å². The maximum Gasteiger partial charge on any atom is 0.309 e. The van der Waals surface area contributed by atoms with Gasteiger partial charge in [0, 0.05) is 12.0 Å². The predicted octanol–water partition coefficient (Wildman–Crippen LogP) is 4.12. The molecule has 0 aromatic heterocycles. The van der Waals surface area contributed by atoms with Crippen LogP contribution in [0.5, 0.6) is 23.0 Å². The largest absolute Gasteiger partial charge is 0.507 e. The molecule has 0 bridgehead atoms. The molecule has 0 heterocycles. The van der Waals surface area contributed by atoms with Crippen molar-refractivity contribution in [2.45, 2.75) is 39.5 Å². The molecular weight excluding hydrogens is 400 g/mol. The normalized spacial score (nSPS) is 10.5. The maximum absolute atomic E-state index is 11.7. The minimum Gasteiger partial charge on any atom is -0.507 e. The second-order valence-corrected chi connectivity index (χ2v) is 7.03. The number of phenols is 1. The smallest absolute Gasteiger partial charge is 0.309 e. The topological polar surface area (TPSA) is 91.3 Å². The first-order valence-corrected chi connectivity index (χ1v) is 10.3. The molecule has 0 aliphatic carbocycles. The van der Waals surface area contributed by atoms with Gasteiger partial charge in [0.25, 0.3) is 0 Å². The second kappa shape index (κ2) is 11.8. The molecule has 0 aliphatic heterocycles. The number of ether oxygens (including phenoxy) is 4. The molecule has 2 aromatic carbocycles. The van der Waals surface area contributed by atoms with E-state index in [9.17, 15) is 14.7 Å². The number of phenolic OH excluding ortho intramolecular Hbond substituents is 1. The summed E-state index contributed by atoms with van der Waals surface area (Å²) in [4.78, 5) is 23.2. The van der Waals surface area contributed by atoms with Crippen molar-refractivity contribution in [2.24, 2.45) is 0 Å². The molecule has 168 valence electrons. The lowest BCUT2D eigenvalue weighted by Gasteiger charge is -2.15. The summed E-state index contributed by atoms with van der Waals surface area (Å²) in [7, 11) is 2.90. The Labute approximate surface area is 182 Å². The van der Waals surface area contributed by atoms with Gasteiger partial charge in [-0.1, -0.05) is 19.4 Å². The lowest BCUT2D eigenvalue weighted by atomic mass is 10.0. The van der Waals surface area contributed by atoms with Crippen molar-refractivity contribution in [3.05, 3.63) is 47.0 Å². The van der Waals surface area contributed by atoms with Gasteiger partial charge in [0.15, 0.2) is 17.3 Å². The summed E-state index contributed by atoms with van der Waals surface area (Å²) >= 11 is 0. The van der Waals surface area contributed by atoms with Gasteiger partial charge < -0.3 is 24.1 Å². The molecule has 0 fully saturated rings. The van der Waals surface area contributed by atoms with E-state index in [1.54, 1.807) is 37.4 Å². The molecule has 31 heavy (non-hydrogen) atoms. The average Bonchev–Trinajstić information content (AvgIpc) is 2.75. The summed E-state index contributed by atoms with van der Waals surface area (Å²) in [5.74, 6) is 1.17. The van der Waals surface area contributed by atoms with Gasteiger partial charge in [-0.3, -0.25) is 9.59 Å². The molecule has 0 unspecified atom stereocenters. The van der Waals surface area contributed by atoms with Crippen molar-refractivity contribution in [1.82, 2.24) is 0 Å². The van der Waals surface area contributed by atoms with Crippen molar-refractivity contribution in [1.29, 1.82) is 0 Å². The van der Waals surface area contributed by atoms with Gasteiger partial charge in [0.2, 0.25) is 0 Å². The second-order valence-electron chi connectivity index (χ2n) is 7.03. The van der Waals surface area contributed by atoms with E-state index in [0.29, 0.717) is 54.4 Å². The van der Waals surface area contributed by atoms with Crippen LogP contribution in [0.3, 0.4) is 0 Å². The van der Waals surface area contributed by atoms with Crippen molar-refractivity contribution in [2.75, 3.05) is 27.4 Å². The number of rotatable bonds is 12. The summed E-state index contributed by atoms with van der Waals surface area (Å²) in [5, 5.41) is 10.4. The summed E-state index contributed by atoms with van der Waals surface area (Å²) < 4.78 is 21.7. The van der Waals surface area contributed by atoms with E-state index in [4.69, 9.17) is 18.9 Å². The van der Waals surface area contributed by atoms with Gasteiger partial charge >= 0.3 is 5.97 Å². The van der Waals surface area contributed by atoms with E-state index in [2.05, 4.69) is 0 Å². The highest BCUT2D eigenvalue weighted by atomic mass is 16.5. The molecule has 7 heteroatoms. The van der Waals surface area contributed by atoms with E-state index in [1.165, 1.54) is 14.0 Å². The standard InChI is InChI=1S/C24H30O7/c1-5-7-19-20(11-9-18(16(2)25)24(19)27)30-12-6-13-31-22-14-17(15-23(26)29-4)8-10-21(22)28-3/h8-11,14,27H,5-7,12-13,15H2,1-4H3. The molecule has 2 rings (SSSR count). The first kappa shape index (κ1) is 24.1. The van der Waals surface area contributed by atoms with Crippen molar-refractivity contribution in [3.8, 4) is 23.0 Å². The Kier molecular flexibility index (Phi) is 9.18. The third kappa shape index (κ3) is 6.64. The highest BCUT2D eigenvalue weighted by molar-refractivity contribution is 5.97. The fraction of sp³-hybridized carbons (Fsp3) is 0.417. The van der Waals surface area contributed by atoms with E-state index in [1.807, 2.05) is 6.92 Å². The fourth-order valence-corrected chi connectivity index (χ4v) is 3.13. The molecule has 0 radical (unpaired) electrons. The molecule has 7 nitrogen and oxygen atoms in total.